The molecule has 0 unspecified atom stereocenters. The predicted octanol–water partition coefficient (Wildman–Crippen LogP) is 2.61. The molecule has 2 saturated heterocycles. The molecule has 8 nitrogen and oxygen atoms in total. The lowest BCUT2D eigenvalue weighted by Gasteiger charge is -2.18. The molecule has 0 amide bonds. The Hall–Kier alpha value is -3.20. The molecule has 0 radical (unpaired) electrons. The molecule has 2 N–H and O–H groups in total. The van der Waals surface area contributed by atoms with Crippen molar-refractivity contribution in [2.75, 3.05) is 25.3 Å². The summed E-state index contributed by atoms with van der Waals surface area (Å²) in [6.45, 7) is 2.22. The van der Waals surface area contributed by atoms with Crippen LogP contribution in [0.15, 0.2) is 60.8 Å². The van der Waals surface area contributed by atoms with Crippen molar-refractivity contribution in [1.82, 2.24) is 15.3 Å². The van der Waals surface area contributed by atoms with E-state index in [1.165, 1.54) is 5.56 Å². The first-order valence-electron chi connectivity index (χ1n) is 10.8. The second kappa shape index (κ2) is 8.38. The second-order valence-corrected chi connectivity index (χ2v) is 8.15. The second-order valence-electron chi connectivity index (χ2n) is 8.15. The van der Waals surface area contributed by atoms with Gasteiger partial charge >= 0.3 is 0 Å². The normalized spacial score (nSPS) is 25.6. The third-order valence-corrected chi connectivity index (χ3v) is 6.10. The minimum absolute atomic E-state index is 0.00414. The van der Waals surface area contributed by atoms with E-state index >= 15 is 0 Å². The summed E-state index contributed by atoms with van der Waals surface area (Å²) in [5.41, 5.74) is 3.01. The van der Waals surface area contributed by atoms with Crippen molar-refractivity contribution in [3.05, 3.63) is 66.4 Å². The van der Waals surface area contributed by atoms with Gasteiger partial charge in [-0.3, -0.25) is 0 Å². The smallest absolute Gasteiger partial charge is 0.231 e. The number of fused-ring (bicyclic) bond motifs is 2. The first kappa shape index (κ1) is 19.5. The van der Waals surface area contributed by atoms with E-state index in [0.717, 1.165) is 29.3 Å². The molecule has 0 bridgehead atoms. The highest BCUT2D eigenvalue weighted by Crippen LogP contribution is 2.35. The van der Waals surface area contributed by atoms with Gasteiger partial charge in [0.15, 0.2) is 11.5 Å². The molecule has 3 aliphatic rings. The number of hydrogen-bond acceptors (Lipinski definition) is 8. The molecule has 2 fully saturated rings. The van der Waals surface area contributed by atoms with Gasteiger partial charge in [-0.2, -0.15) is 0 Å². The van der Waals surface area contributed by atoms with Crippen molar-refractivity contribution < 1.29 is 18.9 Å². The molecule has 8 heteroatoms. The third-order valence-electron chi connectivity index (χ3n) is 6.10. The fourth-order valence-electron chi connectivity index (χ4n) is 4.45. The largest absolute Gasteiger partial charge is 0.454 e. The Labute approximate surface area is 185 Å². The average Bonchev–Trinajstić information content (AvgIpc) is 3.56. The molecule has 0 saturated carbocycles. The highest BCUT2D eigenvalue weighted by atomic mass is 16.7. The number of rotatable bonds is 6. The van der Waals surface area contributed by atoms with Gasteiger partial charge in [0.25, 0.3) is 0 Å². The zero-order valence-electron chi connectivity index (χ0n) is 17.4. The molecular formula is C24H24N4O4. The fraction of sp³-hybridized carbons (Fsp3) is 0.333. The number of benzene rings is 2. The van der Waals surface area contributed by atoms with Crippen molar-refractivity contribution in [2.24, 2.45) is 0 Å². The van der Waals surface area contributed by atoms with Gasteiger partial charge in [0.2, 0.25) is 12.7 Å². The van der Waals surface area contributed by atoms with E-state index < -0.39 is 0 Å². The maximum Gasteiger partial charge on any atom is 0.231 e. The molecule has 6 rings (SSSR count). The van der Waals surface area contributed by atoms with Crippen molar-refractivity contribution in [1.29, 1.82) is 0 Å². The lowest BCUT2D eigenvalue weighted by atomic mass is 10.1. The average molecular weight is 432 g/mol. The highest BCUT2D eigenvalue weighted by Gasteiger charge is 2.47. The van der Waals surface area contributed by atoms with Crippen molar-refractivity contribution >= 4 is 5.95 Å². The van der Waals surface area contributed by atoms with Crippen LogP contribution >= 0.6 is 0 Å². The summed E-state index contributed by atoms with van der Waals surface area (Å²) in [5.74, 6) is 2.04. The minimum Gasteiger partial charge on any atom is -0.454 e. The SMILES string of the molecule is c1ccc(CN[C@H]2CO[C@H]3[C@@H]2OC[C@@H]3Nc2nccc(-c3ccc4c(c3)OCO4)n2)cc1. The molecule has 4 atom stereocenters. The van der Waals surface area contributed by atoms with E-state index in [9.17, 15) is 0 Å². The quantitative estimate of drug-likeness (QED) is 0.615. The lowest BCUT2D eigenvalue weighted by Crippen LogP contribution is -2.41. The Morgan fingerprint density at radius 3 is 2.59 bits per heavy atom. The maximum absolute atomic E-state index is 6.09. The van der Waals surface area contributed by atoms with E-state index in [4.69, 9.17) is 23.9 Å². The van der Waals surface area contributed by atoms with Gasteiger partial charge in [-0.15, -0.1) is 0 Å². The summed E-state index contributed by atoms with van der Waals surface area (Å²) in [6, 6.07) is 18.2. The van der Waals surface area contributed by atoms with Crippen LogP contribution < -0.4 is 20.1 Å². The zero-order chi connectivity index (χ0) is 21.3. The van der Waals surface area contributed by atoms with E-state index in [1.54, 1.807) is 6.20 Å². The van der Waals surface area contributed by atoms with Gasteiger partial charge in [-0.05, 0) is 29.8 Å². The van der Waals surface area contributed by atoms with E-state index in [-0.39, 0.29) is 31.1 Å². The summed E-state index contributed by atoms with van der Waals surface area (Å²) in [7, 11) is 0. The summed E-state index contributed by atoms with van der Waals surface area (Å²) in [4.78, 5) is 9.10. The van der Waals surface area contributed by atoms with Crippen molar-refractivity contribution in [2.45, 2.75) is 30.8 Å². The predicted molar refractivity (Wildman–Crippen MR) is 118 cm³/mol. The highest BCUT2D eigenvalue weighted by molar-refractivity contribution is 5.65. The topological polar surface area (TPSA) is 86.8 Å². The molecule has 2 aromatic carbocycles. The van der Waals surface area contributed by atoms with Crippen LogP contribution in [0.3, 0.4) is 0 Å². The Bertz CT molecular complexity index is 1100. The van der Waals surface area contributed by atoms with Crippen molar-refractivity contribution in [3.63, 3.8) is 0 Å². The van der Waals surface area contributed by atoms with Gasteiger partial charge in [-0.1, -0.05) is 30.3 Å². The molecule has 4 heterocycles. The third kappa shape index (κ3) is 3.77. The number of hydrogen-bond donors (Lipinski definition) is 2. The number of anilines is 1. The van der Waals surface area contributed by atoms with Crippen LogP contribution in [0.5, 0.6) is 11.5 Å². The summed E-state index contributed by atoms with van der Waals surface area (Å²) >= 11 is 0. The first-order chi connectivity index (χ1) is 15.8. The Morgan fingerprint density at radius 1 is 0.875 bits per heavy atom. The van der Waals surface area contributed by atoms with Gasteiger partial charge in [0.1, 0.15) is 12.2 Å². The van der Waals surface area contributed by atoms with Crippen LogP contribution in [0.4, 0.5) is 5.95 Å². The fourth-order valence-corrected chi connectivity index (χ4v) is 4.45. The van der Waals surface area contributed by atoms with E-state index in [0.29, 0.717) is 19.2 Å². The molecule has 164 valence electrons. The molecule has 0 aliphatic carbocycles. The summed E-state index contributed by atoms with van der Waals surface area (Å²) in [6.07, 6.45) is 1.72. The van der Waals surface area contributed by atoms with Gasteiger partial charge in [-0.25, -0.2) is 9.97 Å². The van der Waals surface area contributed by atoms with Gasteiger partial charge in [0, 0.05) is 18.3 Å². The molecule has 0 spiro atoms. The molecule has 32 heavy (non-hydrogen) atoms. The monoisotopic (exact) mass is 432 g/mol. The van der Waals surface area contributed by atoms with Crippen LogP contribution in [0.1, 0.15) is 5.56 Å². The van der Waals surface area contributed by atoms with E-state index in [2.05, 4.69) is 39.9 Å². The number of ether oxygens (including phenoxy) is 4. The minimum atomic E-state index is -0.0407. The Balaban J connectivity index is 1.11. The molecule has 1 aromatic heterocycles. The zero-order valence-corrected chi connectivity index (χ0v) is 17.4. The van der Waals surface area contributed by atoms with Gasteiger partial charge in [0.05, 0.1) is 31.0 Å². The Kier molecular flexibility index (Phi) is 5.10. The summed E-state index contributed by atoms with van der Waals surface area (Å²) < 4.78 is 23.1. The number of nitrogens with one attached hydrogen (secondary N) is 2. The number of aromatic nitrogens is 2. The molecule has 3 aromatic rings. The molecular weight excluding hydrogens is 408 g/mol. The Morgan fingerprint density at radius 2 is 1.69 bits per heavy atom. The maximum atomic E-state index is 6.09. The van der Waals surface area contributed by atoms with Crippen LogP contribution in [-0.4, -0.2) is 54.3 Å². The van der Waals surface area contributed by atoms with Gasteiger partial charge < -0.3 is 29.6 Å². The molecule has 3 aliphatic heterocycles. The van der Waals surface area contributed by atoms with Crippen LogP contribution in [0.2, 0.25) is 0 Å². The van der Waals surface area contributed by atoms with E-state index in [1.807, 2.05) is 30.3 Å². The van der Waals surface area contributed by atoms with Crippen LogP contribution in [0, 0.1) is 0 Å². The number of nitrogens with zero attached hydrogens (tertiary/aromatic N) is 2. The van der Waals surface area contributed by atoms with Crippen LogP contribution in [0.25, 0.3) is 11.3 Å². The van der Waals surface area contributed by atoms with Crippen LogP contribution in [-0.2, 0) is 16.0 Å². The first-order valence-corrected chi connectivity index (χ1v) is 10.8. The van der Waals surface area contributed by atoms with Crippen molar-refractivity contribution in [3.8, 4) is 22.8 Å². The summed E-state index contributed by atoms with van der Waals surface area (Å²) in [5, 5.41) is 6.99. The standard InChI is InChI=1S/C24H24N4O4/c1-2-4-15(5-3-1)11-26-18-12-29-23-19(13-30-22(18)23)28-24-25-9-8-17(27-24)16-6-7-20-21(10-16)32-14-31-20/h1-10,18-19,22-23,26H,11-14H2,(H,25,27,28)/t18-,19-,22+,23+/m0/s1. The lowest BCUT2D eigenvalue weighted by molar-refractivity contribution is 0.0675.